The van der Waals surface area contributed by atoms with Gasteiger partial charge in [0.25, 0.3) is 5.91 Å². The standard InChI is InChI=1S/C49H54F3N8O7P/c1-7-68(64,8-2)40-12-10-34(25-39(40)66-46(51)52)57-17-18-58(48(57)63)43-41-30(6)56(16-13-36(41)54-60(43)35-21-27(3)42(50)28(4)22-35)44(61)38-24-33-23-32(31-14-19-65-20-15-31)9-11-37(33)59(38)49(26-29(49)5)45-53-47(62)67-55-45/h9-12,17-18,21-25,29-31,46-47,62H,7-8,13-16,19-20,26H2,1-6H3,(H,53,55)/t29-,30-,47?,49-/m0/s1. The van der Waals surface area contributed by atoms with E-state index >= 15 is 9.18 Å². The molecule has 0 spiro atoms. The molecule has 15 nitrogen and oxygen atoms in total. The van der Waals surface area contributed by atoms with Gasteiger partial charge in [0.05, 0.1) is 28.4 Å². The summed E-state index contributed by atoms with van der Waals surface area (Å²) in [7, 11) is -3.08. The largest absolute Gasteiger partial charge is 0.434 e. The van der Waals surface area contributed by atoms with Crippen molar-refractivity contribution in [2.45, 2.75) is 97.7 Å². The zero-order valence-corrected chi connectivity index (χ0v) is 39.6. The fourth-order valence-electron chi connectivity index (χ4n) is 10.8. The Labute approximate surface area is 390 Å². The Morgan fingerprint density at radius 1 is 1.00 bits per heavy atom. The first-order valence-corrected chi connectivity index (χ1v) is 25.3. The van der Waals surface area contributed by atoms with Crippen molar-refractivity contribution in [2.75, 3.05) is 32.1 Å². The number of halogens is 3. The summed E-state index contributed by atoms with van der Waals surface area (Å²) in [6.07, 6.45) is 4.90. The molecule has 1 saturated heterocycles. The molecule has 2 fully saturated rings. The average molecular weight is 955 g/mol. The number of hydrogen-bond acceptors (Lipinski definition) is 10. The summed E-state index contributed by atoms with van der Waals surface area (Å²) in [5.74, 6) is 0.146. The molecule has 0 bridgehead atoms. The predicted molar refractivity (Wildman–Crippen MR) is 250 cm³/mol. The van der Waals surface area contributed by atoms with Crippen LogP contribution in [0.1, 0.15) is 97.4 Å². The summed E-state index contributed by atoms with van der Waals surface area (Å²) in [5, 5.41) is 23.7. The monoisotopic (exact) mass is 954 g/mol. The molecular formula is C49H54F3N8O7P. The van der Waals surface area contributed by atoms with E-state index < -0.39 is 37.4 Å². The Kier molecular flexibility index (Phi) is 11.5. The minimum Gasteiger partial charge on any atom is -0.434 e. The molecule has 3 aliphatic heterocycles. The molecule has 1 unspecified atom stereocenters. The molecule has 6 aromatic rings. The molecule has 0 radical (unpaired) electrons. The van der Waals surface area contributed by atoms with Gasteiger partial charge in [0.2, 0.25) is 0 Å². The number of carbonyl (C=O) groups excluding carboxylic acids is 1. The number of aryl methyl sites for hydroxylation is 2. The van der Waals surface area contributed by atoms with Gasteiger partial charge in [-0.3, -0.25) is 13.9 Å². The van der Waals surface area contributed by atoms with Gasteiger partial charge in [0.1, 0.15) is 35.8 Å². The van der Waals surface area contributed by atoms with Crippen LogP contribution in [-0.2, 0) is 26.1 Å². The molecule has 19 heteroatoms. The highest BCUT2D eigenvalue weighted by Crippen LogP contribution is 2.54. The van der Waals surface area contributed by atoms with Crippen LogP contribution < -0.4 is 21.0 Å². The summed E-state index contributed by atoms with van der Waals surface area (Å²) in [6.45, 7) is 9.16. The van der Waals surface area contributed by atoms with Crippen LogP contribution in [0.25, 0.3) is 28.1 Å². The highest BCUT2D eigenvalue weighted by molar-refractivity contribution is 7.71. The number of aliphatic hydroxyl groups is 1. The van der Waals surface area contributed by atoms with E-state index in [4.69, 9.17) is 19.4 Å². The van der Waals surface area contributed by atoms with Gasteiger partial charge in [-0.2, -0.15) is 13.9 Å². The van der Waals surface area contributed by atoms with Crippen molar-refractivity contribution in [1.29, 1.82) is 0 Å². The average Bonchev–Trinajstić information content (AvgIpc) is 3.82. The van der Waals surface area contributed by atoms with E-state index in [0.29, 0.717) is 77.4 Å². The Morgan fingerprint density at radius 3 is 2.35 bits per heavy atom. The molecule has 10 rings (SSSR count). The van der Waals surface area contributed by atoms with Gasteiger partial charge in [-0.15, -0.1) is 0 Å². The lowest BCUT2D eigenvalue weighted by atomic mass is 9.91. The minimum absolute atomic E-state index is 0.0192. The van der Waals surface area contributed by atoms with Gasteiger partial charge in [0.15, 0.2) is 5.84 Å². The van der Waals surface area contributed by atoms with Crippen molar-refractivity contribution >= 4 is 35.1 Å². The number of alkyl halides is 2. The van der Waals surface area contributed by atoms with E-state index in [0.717, 1.165) is 29.3 Å². The van der Waals surface area contributed by atoms with Crippen LogP contribution in [-0.4, -0.2) is 90.3 Å². The number of imidazole rings is 1. The number of benzene rings is 3. The van der Waals surface area contributed by atoms with Crippen LogP contribution in [0.5, 0.6) is 5.75 Å². The van der Waals surface area contributed by atoms with Crippen LogP contribution in [0.2, 0.25) is 0 Å². The maximum Gasteiger partial charge on any atom is 0.387 e. The lowest BCUT2D eigenvalue weighted by molar-refractivity contribution is -0.0896. The molecular weight excluding hydrogens is 901 g/mol. The lowest BCUT2D eigenvalue weighted by Gasteiger charge is -2.34. The van der Waals surface area contributed by atoms with Gasteiger partial charge in [-0.1, -0.05) is 32.0 Å². The Balaban J connectivity index is 1.11. The van der Waals surface area contributed by atoms with Crippen molar-refractivity contribution in [3.8, 4) is 22.9 Å². The predicted octanol–water partition coefficient (Wildman–Crippen LogP) is 7.75. The van der Waals surface area contributed by atoms with Crippen molar-refractivity contribution in [3.05, 3.63) is 117 Å². The Hall–Kier alpha value is -6.10. The second-order valence-corrected chi connectivity index (χ2v) is 22.0. The fourth-order valence-corrected chi connectivity index (χ4v) is 12.7. The second-order valence-electron chi connectivity index (χ2n) is 18.4. The smallest absolute Gasteiger partial charge is 0.387 e. The zero-order chi connectivity index (χ0) is 48.0. The maximum absolute atomic E-state index is 15.5. The Morgan fingerprint density at radius 2 is 1.71 bits per heavy atom. The summed E-state index contributed by atoms with van der Waals surface area (Å²) in [4.78, 5) is 37.4. The quantitative estimate of drug-likeness (QED) is 0.117. The normalized spacial score (nSPS) is 21.8. The van der Waals surface area contributed by atoms with Crippen LogP contribution in [0, 0.1) is 25.6 Å². The van der Waals surface area contributed by atoms with Crippen molar-refractivity contribution in [3.63, 3.8) is 0 Å². The molecule has 2 N–H and O–H groups in total. The molecule has 1 amide bonds. The van der Waals surface area contributed by atoms with Gasteiger partial charge >= 0.3 is 18.7 Å². The molecule has 6 heterocycles. The number of aliphatic hydroxyl groups excluding tert-OH is 1. The van der Waals surface area contributed by atoms with Crippen molar-refractivity contribution in [1.82, 2.24) is 33.7 Å². The van der Waals surface area contributed by atoms with Crippen LogP contribution in [0.15, 0.2) is 76.9 Å². The fraction of sp³-hybridized carbons (Fsp3) is 0.429. The van der Waals surface area contributed by atoms with E-state index in [-0.39, 0.29) is 53.3 Å². The highest BCUT2D eigenvalue weighted by Gasteiger charge is 2.61. The number of amides is 1. The minimum atomic E-state index is -3.20. The number of carbonyl (C=O) groups is 1. The number of aromatic nitrogens is 5. The first-order chi connectivity index (χ1) is 32.6. The second kappa shape index (κ2) is 17.1. The van der Waals surface area contributed by atoms with Gasteiger partial charge in [0, 0.05) is 73.4 Å². The number of oxime groups is 1. The molecule has 1 aliphatic carbocycles. The van der Waals surface area contributed by atoms with E-state index in [1.807, 2.05) is 17.6 Å². The van der Waals surface area contributed by atoms with Crippen LogP contribution in [0.3, 0.4) is 0 Å². The van der Waals surface area contributed by atoms with Crippen molar-refractivity contribution in [2.24, 2.45) is 11.1 Å². The van der Waals surface area contributed by atoms with E-state index in [9.17, 15) is 23.2 Å². The van der Waals surface area contributed by atoms with Gasteiger partial charge < -0.3 is 38.8 Å². The summed E-state index contributed by atoms with van der Waals surface area (Å²) in [5.41, 5.74) is 3.64. The molecule has 1 saturated carbocycles. The molecule has 358 valence electrons. The summed E-state index contributed by atoms with van der Waals surface area (Å²) < 4.78 is 73.5. The number of amidine groups is 1. The first kappa shape index (κ1) is 45.7. The SMILES string of the molecule is CCP(=O)(CC)c1ccc(-n2ccn(-c3c4c(nn3-c3cc(C)c(F)c(C)c3)CCN(C(=O)c3cc5cc(C6CCOCC6)ccc5n3[C@@]3(C5=NOC(O)N5)C[C@@H]3C)[C@H]4C)c2=O)cc1OC(F)F. The van der Waals surface area contributed by atoms with Crippen LogP contribution >= 0.6 is 7.14 Å². The number of nitrogens with one attached hydrogen (secondary N) is 1. The topological polar surface area (TPSA) is 159 Å². The number of hydrogen-bond donors (Lipinski definition) is 2. The summed E-state index contributed by atoms with van der Waals surface area (Å²) >= 11 is 0. The third-order valence-corrected chi connectivity index (χ3v) is 17.9. The van der Waals surface area contributed by atoms with E-state index in [1.54, 1.807) is 55.5 Å². The van der Waals surface area contributed by atoms with Gasteiger partial charge in [-0.05, 0) is 111 Å². The number of nitrogens with zero attached hydrogens (tertiary/aromatic N) is 7. The highest BCUT2D eigenvalue weighted by atomic mass is 31.2. The van der Waals surface area contributed by atoms with Crippen LogP contribution in [0.4, 0.5) is 13.2 Å². The first-order valence-electron chi connectivity index (χ1n) is 23.2. The maximum atomic E-state index is 15.5. The third-order valence-electron chi connectivity index (χ3n) is 14.6. The zero-order valence-electron chi connectivity index (χ0n) is 38.7. The number of ether oxygens (including phenoxy) is 2. The number of rotatable bonds is 12. The molecule has 3 aromatic carbocycles. The Bertz CT molecular complexity index is 3100. The van der Waals surface area contributed by atoms with Crippen molar-refractivity contribution < 1.29 is 41.9 Å². The van der Waals surface area contributed by atoms with Gasteiger partial charge in [-0.25, -0.2) is 13.9 Å². The lowest BCUT2D eigenvalue weighted by Crippen LogP contribution is -2.44. The van der Waals surface area contributed by atoms with E-state index in [2.05, 4.69) is 35.6 Å². The molecule has 68 heavy (non-hydrogen) atoms. The number of fused-ring (bicyclic) bond motifs is 2. The third kappa shape index (κ3) is 7.37. The molecule has 3 aromatic heterocycles. The van der Waals surface area contributed by atoms with E-state index in [1.165, 1.54) is 33.7 Å². The summed E-state index contributed by atoms with van der Waals surface area (Å²) in [6, 6.07) is 15.2. The molecule has 4 aliphatic rings. The molecule has 4 atom stereocenters.